The molecule has 0 radical (unpaired) electrons. The average Bonchev–Trinajstić information content (AvgIpc) is 2.98. The van der Waals surface area contributed by atoms with Crippen molar-refractivity contribution in [3.63, 3.8) is 0 Å². The molecule has 116 valence electrons. The fourth-order valence-corrected chi connectivity index (χ4v) is 2.59. The van der Waals surface area contributed by atoms with Crippen LogP contribution >= 0.6 is 11.3 Å². The number of amides is 1. The van der Waals surface area contributed by atoms with Gasteiger partial charge in [-0.25, -0.2) is 4.39 Å². The number of aryl methyl sites for hydroxylation is 1. The summed E-state index contributed by atoms with van der Waals surface area (Å²) in [5, 5.41) is 4.45. The first kappa shape index (κ1) is 16.2. The Balaban J connectivity index is 1.64. The standard InChI is InChI=1S/C16H16FNO3S/c17-12-4-1-5-13(10-12)18-15(19)11-21-16(20)8-2-6-14-7-3-9-22-14/h1,3-5,7,9-10H,2,6,8,11H2,(H,18,19). The van der Waals surface area contributed by atoms with Gasteiger partial charge in [-0.15, -0.1) is 11.3 Å². The molecule has 1 aromatic heterocycles. The molecule has 0 unspecified atom stereocenters. The lowest BCUT2D eigenvalue weighted by Gasteiger charge is -2.06. The van der Waals surface area contributed by atoms with Gasteiger partial charge in [-0.1, -0.05) is 12.1 Å². The first-order chi connectivity index (χ1) is 10.6. The Bertz CT molecular complexity index is 628. The smallest absolute Gasteiger partial charge is 0.306 e. The molecule has 6 heteroatoms. The van der Waals surface area contributed by atoms with E-state index in [1.165, 1.54) is 23.1 Å². The predicted octanol–water partition coefficient (Wildman–Crippen LogP) is 3.39. The summed E-state index contributed by atoms with van der Waals surface area (Å²) in [4.78, 5) is 24.3. The van der Waals surface area contributed by atoms with Gasteiger partial charge in [0.1, 0.15) is 5.82 Å². The minimum Gasteiger partial charge on any atom is -0.456 e. The SMILES string of the molecule is O=C(COC(=O)CCCc1cccs1)Nc1cccc(F)c1. The van der Waals surface area contributed by atoms with Gasteiger partial charge in [0.05, 0.1) is 0 Å². The molecule has 1 heterocycles. The van der Waals surface area contributed by atoms with E-state index in [1.54, 1.807) is 17.4 Å². The zero-order valence-electron chi connectivity index (χ0n) is 11.9. The number of nitrogens with one attached hydrogen (secondary N) is 1. The normalized spacial score (nSPS) is 10.2. The molecule has 1 amide bonds. The van der Waals surface area contributed by atoms with Crippen molar-refractivity contribution < 1.29 is 18.7 Å². The number of hydrogen-bond donors (Lipinski definition) is 1. The second-order valence-corrected chi connectivity index (χ2v) is 5.68. The Morgan fingerprint density at radius 1 is 1.23 bits per heavy atom. The van der Waals surface area contributed by atoms with Crippen LogP contribution in [0.5, 0.6) is 0 Å². The maximum Gasteiger partial charge on any atom is 0.306 e. The molecule has 0 aliphatic heterocycles. The number of hydrogen-bond acceptors (Lipinski definition) is 4. The highest BCUT2D eigenvalue weighted by Crippen LogP contribution is 2.12. The van der Waals surface area contributed by atoms with Crippen molar-refractivity contribution in [3.05, 3.63) is 52.5 Å². The Kier molecular flexibility index (Phi) is 6.09. The van der Waals surface area contributed by atoms with Gasteiger partial charge in [0.25, 0.3) is 5.91 Å². The highest BCUT2D eigenvalue weighted by Gasteiger charge is 2.08. The van der Waals surface area contributed by atoms with Gasteiger partial charge in [-0.2, -0.15) is 0 Å². The molecule has 0 saturated carbocycles. The molecular weight excluding hydrogens is 305 g/mol. The Morgan fingerprint density at radius 3 is 2.82 bits per heavy atom. The van der Waals surface area contributed by atoms with Crippen LogP contribution in [0.3, 0.4) is 0 Å². The fraction of sp³-hybridized carbons (Fsp3) is 0.250. The highest BCUT2D eigenvalue weighted by molar-refractivity contribution is 7.09. The first-order valence-electron chi connectivity index (χ1n) is 6.87. The van der Waals surface area contributed by atoms with Crippen LogP contribution in [0.2, 0.25) is 0 Å². The summed E-state index contributed by atoms with van der Waals surface area (Å²) >= 11 is 1.65. The van der Waals surface area contributed by atoms with E-state index in [1.807, 2.05) is 17.5 Å². The van der Waals surface area contributed by atoms with E-state index in [2.05, 4.69) is 5.32 Å². The van der Waals surface area contributed by atoms with Crippen molar-refractivity contribution in [1.82, 2.24) is 0 Å². The summed E-state index contributed by atoms with van der Waals surface area (Å²) in [5.74, 6) is -1.34. The van der Waals surface area contributed by atoms with Crippen LogP contribution in [0, 0.1) is 5.82 Å². The van der Waals surface area contributed by atoms with Gasteiger partial charge in [0.15, 0.2) is 6.61 Å². The van der Waals surface area contributed by atoms with Crippen LogP contribution in [0.1, 0.15) is 17.7 Å². The molecule has 0 fully saturated rings. The Hall–Kier alpha value is -2.21. The summed E-state index contributed by atoms with van der Waals surface area (Å²) < 4.78 is 17.8. The van der Waals surface area contributed by atoms with Gasteiger partial charge in [-0.3, -0.25) is 9.59 Å². The number of carbonyl (C=O) groups is 2. The quantitative estimate of drug-likeness (QED) is 0.795. The van der Waals surface area contributed by atoms with E-state index in [-0.39, 0.29) is 13.0 Å². The zero-order valence-corrected chi connectivity index (χ0v) is 12.7. The van der Waals surface area contributed by atoms with Gasteiger partial charge in [0.2, 0.25) is 0 Å². The molecule has 1 aromatic carbocycles. The fourth-order valence-electron chi connectivity index (χ4n) is 1.84. The largest absolute Gasteiger partial charge is 0.456 e. The lowest BCUT2D eigenvalue weighted by Crippen LogP contribution is -2.20. The molecule has 2 aromatic rings. The summed E-state index contributed by atoms with van der Waals surface area (Å²) in [6, 6.07) is 9.51. The van der Waals surface area contributed by atoms with E-state index in [0.717, 1.165) is 6.42 Å². The van der Waals surface area contributed by atoms with Crippen molar-refractivity contribution in [2.24, 2.45) is 0 Å². The van der Waals surface area contributed by atoms with Crippen molar-refractivity contribution >= 4 is 28.9 Å². The number of anilines is 1. The molecule has 2 rings (SSSR count). The van der Waals surface area contributed by atoms with E-state index < -0.39 is 17.7 Å². The molecule has 0 spiro atoms. The third-order valence-electron chi connectivity index (χ3n) is 2.86. The minimum absolute atomic E-state index is 0.269. The van der Waals surface area contributed by atoms with Crippen molar-refractivity contribution in [2.75, 3.05) is 11.9 Å². The summed E-state index contributed by atoms with van der Waals surface area (Å²) in [6.07, 6.45) is 1.78. The maximum absolute atomic E-state index is 13.0. The number of rotatable bonds is 7. The van der Waals surface area contributed by atoms with Gasteiger partial charge >= 0.3 is 5.97 Å². The number of ether oxygens (including phenoxy) is 1. The lowest BCUT2D eigenvalue weighted by atomic mass is 10.2. The number of halogens is 1. The number of carbonyl (C=O) groups excluding carboxylic acids is 2. The van der Waals surface area contributed by atoms with E-state index in [9.17, 15) is 14.0 Å². The molecule has 1 N–H and O–H groups in total. The Morgan fingerprint density at radius 2 is 2.09 bits per heavy atom. The number of benzene rings is 1. The first-order valence-corrected chi connectivity index (χ1v) is 7.75. The number of esters is 1. The molecule has 0 aliphatic carbocycles. The molecular formula is C16H16FNO3S. The molecule has 22 heavy (non-hydrogen) atoms. The van der Waals surface area contributed by atoms with Crippen LogP contribution in [0.25, 0.3) is 0 Å². The second-order valence-electron chi connectivity index (χ2n) is 4.65. The second kappa shape index (κ2) is 8.29. The van der Waals surface area contributed by atoms with Gasteiger partial charge < -0.3 is 10.1 Å². The highest BCUT2D eigenvalue weighted by atomic mass is 32.1. The lowest BCUT2D eigenvalue weighted by molar-refractivity contribution is -0.147. The Labute approximate surface area is 131 Å². The van der Waals surface area contributed by atoms with Crippen LogP contribution in [-0.4, -0.2) is 18.5 Å². The van der Waals surface area contributed by atoms with Crippen molar-refractivity contribution in [1.29, 1.82) is 0 Å². The minimum atomic E-state index is -0.489. The van der Waals surface area contributed by atoms with Gasteiger partial charge in [0, 0.05) is 17.0 Å². The average molecular weight is 321 g/mol. The summed E-state index contributed by atoms with van der Waals surface area (Å²) in [5.41, 5.74) is 0.332. The molecule has 0 bridgehead atoms. The zero-order chi connectivity index (χ0) is 15.8. The number of thiophene rings is 1. The topological polar surface area (TPSA) is 55.4 Å². The predicted molar refractivity (Wildman–Crippen MR) is 83.2 cm³/mol. The molecule has 0 saturated heterocycles. The van der Waals surface area contributed by atoms with Crippen molar-refractivity contribution in [3.8, 4) is 0 Å². The third-order valence-corrected chi connectivity index (χ3v) is 3.79. The van der Waals surface area contributed by atoms with Gasteiger partial charge in [-0.05, 0) is 42.5 Å². The van der Waals surface area contributed by atoms with E-state index >= 15 is 0 Å². The van der Waals surface area contributed by atoms with Crippen LogP contribution < -0.4 is 5.32 Å². The summed E-state index contributed by atoms with van der Waals surface area (Å²) in [7, 11) is 0. The van der Waals surface area contributed by atoms with Crippen LogP contribution in [-0.2, 0) is 20.7 Å². The molecule has 4 nitrogen and oxygen atoms in total. The van der Waals surface area contributed by atoms with Crippen LogP contribution in [0.15, 0.2) is 41.8 Å². The molecule has 0 atom stereocenters. The van der Waals surface area contributed by atoms with E-state index in [0.29, 0.717) is 12.1 Å². The monoisotopic (exact) mass is 321 g/mol. The van der Waals surface area contributed by atoms with E-state index in [4.69, 9.17) is 4.74 Å². The molecule has 0 aliphatic rings. The maximum atomic E-state index is 13.0. The van der Waals surface area contributed by atoms with Crippen molar-refractivity contribution in [2.45, 2.75) is 19.3 Å². The van der Waals surface area contributed by atoms with Crippen LogP contribution in [0.4, 0.5) is 10.1 Å². The third kappa shape index (κ3) is 5.65. The summed E-state index contributed by atoms with van der Waals surface area (Å²) in [6.45, 7) is -0.367.